The third kappa shape index (κ3) is 1.95. The Balaban J connectivity index is 2.45. The maximum absolute atomic E-state index is 6.26. The summed E-state index contributed by atoms with van der Waals surface area (Å²) in [5, 5.41) is 0. The fourth-order valence-electron chi connectivity index (χ4n) is 2.30. The molecule has 0 amide bonds. The largest absolute Gasteiger partial charge is 0.384 e. The lowest BCUT2D eigenvalue weighted by molar-refractivity contribution is 0.387. The van der Waals surface area contributed by atoms with Gasteiger partial charge < -0.3 is 10.3 Å². The van der Waals surface area contributed by atoms with Gasteiger partial charge in [-0.2, -0.15) is 0 Å². The van der Waals surface area contributed by atoms with Crippen molar-refractivity contribution in [1.29, 1.82) is 0 Å². The number of imidazole rings is 1. The van der Waals surface area contributed by atoms with Gasteiger partial charge in [-0.15, -0.1) is 0 Å². The number of nitrogen functional groups attached to an aromatic ring is 1. The Morgan fingerprint density at radius 2 is 2.00 bits per heavy atom. The van der Waals surface area contributed by atoms with Crippen LogP contribution in [-0.2, 0) is 12.0 Å². The molecule has 0 saturated heterocycles. The molecular weight excluding hydrogens is 198 g/mol. The van der Waals surface area contributed by atoms with Gasteiger partial charge in [0.15, 0.2) is 0 Å². The molecule has 1 aromatic rings. The van der Waals surface area contributed by atoms with Crippen LogP contribution < -0.4 is 5.73 Å². The van der Waals surface area contributed by atoms with Crippen LogP contribution in [0.15, 0.2) is 0 Å². The van der Waals surface area contributed by atoms with E-state index in [4.69, 9.17) is 10.7 Å². The summed E-state index contributed by atoms with van der Waals surface area (Å²) in [5.74, 6) is 2.70. The van der Waals surface area contributed by atoms with Crippen LogP contribution in [0.2, 0.25) is 0 Å². The van der Waals surface area contributed by atoms with E-state index >= 15 is 0 Å². The van der Waals surface area contributed by atoms with Gasteiger partial charge in [0.05, 0.1) is 5.69 Å². The van der Waals surface area contributed by atoms with E-state index in [0.29, 0.717) is 5.92 Å². The summed E-state index contributed by atoms with van der Waals surface area (Å²) in [6, 6.07) is 0. The minimum Gasteiger partial charge on any atom is -0.384 e. The van der Waals surface area contributed by atoms with Crippen LogP contribution >= 0.6 is 0 Å². The molecular formula is C13H23N3. The van der Waals surface area contributed by atoms with Gasteiger partial charge in [0.25, 0.3) is 0 Å². The smallest absolute Gasteiger partial charge is 0.127 e. The Morgan fingerprint density at radius 3 is 2.44 bits per heavy atom. The third-order valence-corrected chi connectivity index (χ3v) is 3.12. The maximum atomic E-state index is 6.26. The first-order valence-corrected chi connectivity index (χ1v) is 6.32. The number of anilines is 1. The zero-order valence-electron chi connectivity index (χ0n) is 10.9. The summed E-state index contributed by atoms with van der Waals surface area (Å²) in [7, 11) is 0. The van der Waals surface area contributed by atoms with Gasteiger partial charge in [0, 0.05) is 17.9 Å². The monoisotopic (exact) mass is 221 g/mol. The molecule has 3 heteroatoms. The minimum absolute atomic E-state index is 0.0364. The Hall–Kier alpha value is -0.990. The lowest BCUT2D eigenvalue weighted by Crippen LogP contribution is -2.25. The van der Waals surface area contributed by atoms with Gasteiger partial charge in [0.1, 0.15) is 11.6 Å². The molecule has 3 nitrogen and oxygen atoms in total. The van der Waals surface area contributed by atoms with Crippen molar-refractivity contribution < 1.29 is 0 Å². The van der Waals surface area contributed by atoms with Crippen molar-refractivity contribution >= 4 is 5.82 Å². The molecule has 1 saturated carbocycles. The second kappa shape index (κ2) is 3.79. The van der Waals surface area contributed by atoms with Crippen LogP contribution in [0.1, 0.15) is 64.4 Å². The van der Waals surface area contributed by atoms with Crippen molar-refractivity contribution in [1.82, 2.24) is 9.55 Å². The number of aromatic nitrogens is 2. The maximum Gasteiger partial charge on any atom is 0.127 e. The number of nitrogens with zero attached hydrogens (tertiary/aromatic N) is 2. The molecule has 90 valence electrons. The Labute approximate surface area is 98.1 Å². The highest BCUT2D eigenvalue weighted by molar-refractivity contribution is 5.43. The molecule has 1 aliphatic rings. The molecule has 0 unspecified atom stereocenters. The molecule has 1 fully saturated rings. The highest BCUT2D eigenvalue weighted by atomic mass is 15.2. The topological polar surface area (TPSA) is 43.8 Å². The average Bonchev–Trinajstić information content (AvgIpc) is 2.91. The van der Waals surface area contributed by atoms with E-state index in [1.807, 2.05) is 0 Å². The number of nitrogens with two attached hydrogens (primary N) is 1. The van der Waals surface area contributed by atoms with Crippen LogP contribution in [0, 0.1) is 0 Å². The summed E-state index contributed by atoms with van der Waals surface area (Å²) >= 11 is 0. The molecule has 2 N–H and O–H groups in total. The van der Waals surface area contributed by atoms with E-state index in [-0.39, 0.29) is 5.54 Å². The van der Waals surface area contributed by atoms with Crippen molar-refractivity contribution in [2.75, 3.05) is 5.73 Å². The van der Waals surface area contributed by atoms with Crippen LogP contribution in [0.5, 0.6) is 0 Å². The highest BCUT2D eigenvalue weighted by Crippen LogP contribution is 2.43. The van der Waals surface area contributed by atoms with E-state index in [1.54, 1.807) is 0 Å². The number of rotatable bonds is 3. The van der Waals surface area contributed by atoms with Gasteiger partial charge in [-0.1, -0.05) is 6.92 Å². The molecule has 0 atom stereocenters. The highest BCUT2D eigenvalue weighted by Gasteiger charge is 2.32. The van der Waals surface area contributed by atoms with Crippen LogP contribution in [0.3, 0.4) is 0 Å². The SMILES string of the molecule is CCCc1nc(C2CC2)c(N)n1C(C)(C)C. The molecule has 0 aromatic carbocycles. The molecule has 0 aliphatic heterocycles. The molecule has 1 aliphatic carbocycles. The van der Waals surface area contributed by atoms with E-state index in [2.05, 4.69) is 32.3 Å². The molecule has 2 rings (SSSR count). The van der Waals surface area contributed by atoms with Crippen LogP contribution in [-0.4, -0.2) is 9.55 Å². The first-order valence-electron chi connectivity index (χ1n) is 6.32. The summed E-state index contributed by atoms with van der Waals surface area (Å²) in [6.07, 6.45) is 4.67. The quantitative estimate of drug-likeness (QED) is 0.852. The molecule has 0 radical (unpaired) electrons. The summed E-state index contributed by atoms with van der Waals surface area (Å²) in [6.45, 7) is 8.78. The summed E-state index contributed by atoms with van der Waals surface area (Å²) < 4.78 is 2.23. The van der Waals surface area contributed by atoms with Gasteiger partial charge in [-0.25, -0.2) is 4.98 Å². The van der Waals surface area contributed by atoms with E-state index in [9.17, 15) is 0 Å². The molecule has 1 heterocycles. The Bertz CT molecular complexity index is 381. The predicted octanol–water partition coefficient (Wildman–Crippen LogP) is 3.05. The number of hydrogen-bond acceptors (Lipinski definition) is 2. The molecule has 0 spiro atoms. The van der Waals surface area contributed by atoms with Gasteiger partial charge in [-0.05, 0) is 40.0 Å². The fourth-order valence-corrected chi connectivity index (χ4v) is 2.30. The zero-order chi connectivity index (χ0) is 11.9. The Morgan fingerprint density at radius 1 is 1.38 bits per heavy atom. The molecule has 16 heavy (non-hydrogen) atoms. The first-order chi connectivity index (χ1) is 7.45. The zero-order valence-corrected chi connectivity index (χ0v) is 10.9. The third-order valence-electron chi connectivity index (χ3n) is 3.12. The number of aryl methyl sites for hydroxylation is 1. The Kier molecular flexibility index (Phi) is 2.72. The van der Waals surface area contributed by atoms with Gasteiger partial charge in [-0.3, -0.25) is 0 Å². The molecule has 1 aromatic heterocycles. The average molecular weight is 221 g/mol. The number of hydrogen-bond donors (Lipinski definition) is 1. The van der Waals surface area contributed by atoms with Crippen molar-refractivity contribution in [2.45, 2.75) is 64.8 Å². The summed E-state index contributed by atoms with van der Waals surface area (Å²) in [4.78, 5) is 4.77. The van der Waals surface area contributed by atoms with Crippen molar-refractivity contribution in [3.05, 3.63) is 11.5 Å². The second-order valence-corrected chi connectivity index (χ2v) is 5.83. The van der Waals surface area contributed by atoms with Crippen LogP contribution in [0.4, 0.5) is 5.82 Å². The van der Waals surface area contributed by atoms with Crippen molar-refractivity contribution in [2.24, 2.45) is 0 Å². The lowest BCUT2D eigenvalue weighted by atomic mass is 10.1. The fraction of sp³-hybridized carbons (Fsp3) is 0.769. The van der Waals surface area contributed by atoms with Crippen molar-refractivity contribution in [3.63, 3.8) is 0 Å². The predicted molar refractivity (Wildman–Crippen MR) is 67.6 cm³/mol. The van der Waals surface area contributed by atoms with E-state index in [1.165, 1.54) is 12.8 Å². The minimum atomic E-state index is 0.0364. The van der Waals surface area contributed by atoms with E-state index < -0.39 is 0 Å². The van der Waals surface area contributed by atoms with Gasteiger partial charge in [0.2, 0.25) is 0 Å². The summed E-state index contributed by atoms with van der Waals surface area (Å²) in [5.41, 5.74) is 7.45. The first kappa shape index (κ1) is 11.5. The van der Waals surface area contributed by atoms with Gasteiger partial charge >= 0.3 is 0 Å². The van der Waals surface area contributed by atoms with E-state index in [0.717, 1.165) is 30.2 Å². The van der Waals surface area contributed by atoms with Crippen molar-refractivity contribution in [3.8, 4) is 0 Å². The standard InChI is InChI=1S/C13H23N3/c1-5-6-10-15-11(9-7-8-9)12(14)16(10)13(2,3)4/h9H,5-8,14H2,1-4H3. The van der Waals surface area contributed by atoms with Crippen LogP contribution in [0.25, 0.3) is 0 Å². The molecule has 0 bridgehead atoms. The second-order valence-electron chi connectivity index (χ2n) is 5.83. The normalized spacial score (nSPS) is 16.8. The lowest BCUT2D eigenvalue weighted by Gasteiger charge is -2.25.